The number of aliphatic hydroxyl groups excluding tert-OH is 1. The van der Waals surface area contributed by atoms with Crippen LogP contribution >= 0.6 is 0 Å². The minimum absolute atomic E-state index is 0.00326. The van der Waals surface area contributed by atoms with Gasteiger partial charge in [-0.15, -0.1) is 0 Å². The maximum Gasteiger partial charge on any atom is 0.320 e. The van der Waals surface area contributed by atoms with Gasteiger partial charge in [-0.3, -0.25) is 14.5 Å². The molecule has 1 amide bonds. The third-order valence-electron chi connectivity index (χ3n) is 6.40. The fraction of sp³-hybridized carbons (Fsp3) is 0.438. The van der Waals surface area contributed by atoms with E-state index in [2.05, 4.69) is 20.6 Å². The van der Waals surface area contributed by atoms with Gasteiger partial charge < -0.3 is 25.2 Å². The molecule has 10 heteroatoms. The molecule has 10 nitrogen and oxygen atoms in total. The molecular formula is C32H41N5O5. The Hall–Kier alpha value is -4.02. The number of nitrogens with one attached hydrogen (secondary N) is 2. The molecule has 2 aromatic carbocycles. The van der Waals surface area contributed by atoms with Crippen molar-refractivity contribution in [2.24, 2.45) is 5.92 Å². The summed E-state index contributed by atoms with van der Waals surface area (Å²) in [7, 11) is 0. The standard InChI is InChI=1S/C32H41N5O5/c1-22(38)18-37(19-30(40)42-32(2,3)4)14-8-11-29(39)36-27-15-25-26(16-28(27)41-20-24-12-13-24)34-21-35-31(25)33-17-23-9-6-5-7-10-23/h5-11,15-16,21-22,24,38H,12-14,17-20H2,1-4H3,(H,36,39)(H,33,34,35). The van der Waals surface area contributed by atoms with E-state index in [-0.39, 0.29) is 25.5 Å². The summed E-state index contributed by atoms with van der Waals surface area (Å²) in [5.74, 6) is 0.982. The monoisotopic (exact) mass is 575 g/mol. The molecule has 224 valence electrons. The first kappa shape index (κ1) is 30.9. The Kier molecular flexibility index (Phi) is 10.5. The van der Waals surface area contributed by atoms with Crippen LogP contribution in [0.4, 0.5) is 11.5 Å². The maximum atomic E-state index is 13.0. The van der Waals surface area contributed by atoms with E-state index < -0.39 is 17.7 Å². The third-order valence-corrected chi connectivity index (χ3v) is 6.40. The highest BCUT2D eigenvalue weighted by Gasteiger charge is 2.23. The van der Waals surface area contributed by atoms with Crippen LogP contribution in [0.2, 0.25) is 0 Å². The summed E-state index contributed by atoms with van der Waals surface area (Å²) in [6.07, 6.45) is 6.21. The van der Waals surface area contributed by atoms with E-state index >= 15 is 0 Å². The quantitative estimate of drug-likeness (QED) is 0.187. The zero-order valence-corrected chi connectivity index (χ0v) is 24.8. The predicted octanol–water partition coefficient (Wildman–Crippen LogP) is 4.55. The van der Waals surface area contributed by atoms with Crippen molar-refractivity contribution < 1.29 is 24.2 Å². The lowest BCUT2D eigenvalue weighted by Crippen LogP contribution is -2.38. The first-order valence-corrected chi connectivity index (χ1v) is 14.3. The number of hydrogen-bond acceptors (Lipinski definition) is 9. The molecule has 4 rings (SSSR count). The summed E-state index contributed by atoms with van der Waals surface area (Å²) in [4.78, 5) is 35.9. The van der Waals surface area contributed by atoms with Crippen LogP contribution in [-0.4, -0.2) is 69.8 Å². The summed E-state index contributed by atoms with van der Waals surface area (Å²) < 4.78 is 11.5. The number of rotatable bonds is 14. The van der Waals surface area contributed by atoms with Gasteiger partial charge in [-0.25, -0.2) is 9.97 Å². The van der Waals surface area contributed by atoms with Crippen LogP contribution < -0.4 is 15.4 Å². The highest BCUT2D eigenvalue weighted by Crippen LogP contribution is 2.35. The Morgan fingerprint density at radius 3 is 2.62 bits per heavy atom. The van der Waals surface area contributed by atoms with Gasteiger partial charge in [0.25, 0.3) is 0 Å². The molecule has 42 heavy (non-hydrogen) atoms. The zero-order valence-electron chi connectivity index (χ0n) is 24.8. The normalized spacial score (nSPS) is 14.2. The number of esters is 1. The number of benzene rings is 2. The number of hydrogen-bond donors (Lipinski definition) is 3. The maximum absolute atomic E-state index is 13.0. The SMILES string of the molecule is CC(O)CN(CC=CC(=O)Nc1cc2c(NCc3ccccc3)ncnc2cc1OCC1CC1)CC(=O)OC(C)(C)C. The minimum atomic E-state index is -0.648. The molecule has 1 aliphatic carbocycles. The summed E-state index contributed by atoms with van der Waals surface area (Å²) in [6, 6.07) is 13.7. The Morgan fingerprint density at radius 1 is 1.17 bits per heavy atom. The van der Waals surface area contributed by atoms with Crippen molar-refractivity contribution in [2.75, 3.05) is 36.9 Å². The van der Waals surface area contributed by atoms with Gasteiger partial charge in [-0.05, 0) is 58.1 Å². The van der Waals surface area contributed by atoms with Crippen LogP contribution in [0.3, 0.4) is 0 Å². The molecule has 1 saturated carbocycles. The number of fused-ring (bicyclic) bond motifs is 1. The molecule has 3 aromatic rings. The number of amides is 1. The number of aliphatic hydroxyl groups is 1. The predicted molar refractivity (Wildman–Crippen MR) is 163 cm³/mol. The summed E-state index contributed by atoms with van der Waals surface area (Å²) >= 11 is 0. The van der Waals surface area contributed by atoms with Crippen molar-refractivity contribution in [2.45, 2.75) is 58.8 Å². The smallest absolute Gasteiger partial charge is 0.320 e. The average Bonchev–Trinajstić information content (AvgIpc) is 3.74. The Bertz CT molecular complexity index is 1380. The van der Waals surface area contributed by atoms with Crippen LogP contribution in [0.15, 0.2) is 60.9 Å². The Morgan fingerprint density at radius 2 is 1.93 bits per heavy atom. The lowest BCUT2D eigenvalue weighted by Gasteiger charge is -2.25. The van der Waals surface area contributed by atoms with Crippen molar-refractivity contribution in [1.29, 1.82) is 0 Å². The van der Waals surface area contributed by atoms with Crippen LogP contribution in [0, 0.1) is 5.92 Å². The second-order valence-corrected chi connectivity index (χ2v) is 11.7. The highest BCUT2D eigenvalue weighted by atomic mass is 16.6. The zero-order chi connectivity index (χ0) is 30.1. The van der Waals surface area contributed by atoms with Gasteiger partial charge in [-0.2, -0.15) is 0 Å². The number of nitrogens with zero attached hydrogens (tertiary/aromatic N) is 3. The molecule has 0 radical (unpaired) electrons. The Labute approximate surface area is 247 Å². The average molecular weight is 576 g/mol. The first-order valence-electron chi connectivity index (χ1n) is 14.3. The topological polar surface area (TPSA) is 126 Å². The highest BCUT2D eigenvalue weighted by molar-refractivity contribution is 6.03. The molecule has 1 aliphatic rings. The molecule has 1 heterocycles. The molecule has 0 aliphatic heterocycles. The van der Waals surface area contributed by atoms with E-state index in [0.29, 0.717) is 41.8 Å². The lowest BCUT2D eigenvalue weighted by molar-refractivity contribution is -0.156. The molecule has 1 aromatic heterocycles. The largest absolute Gasteiger partial charge is 0.491 e. The van der Waals surface area contributed by atoms with Gasteiger partial charge in [-0.1, -0.05) is 36.4 Å². The van der Waals surface area contributed by atoms with Crippen molar-refractivity contribution in [1.82, 2.24) is 14.9 Å². The van der Waals surface area contributed by atoms with Gasteiger partial charge in [0, 0.05) is 37.2 Å². The van der Waals surface area contributed by atoms with Crippen molar-refractivity contribution >= 4 is 34.3 Å². The van der Waals surface area contributed by atoms with Crippen molar-refractivity contribution in [3.05, 3.63) is 66.5 Å². The van der Waals surface area contributed by atoms with Crippen molar-refractivity contribution in [3.63, 3.8) is 0 Å². The van der Waals surface area contributed by atoms with E-state index in [1.54, 1.807) is 38.7 Å². The second kappa shape index (κ2) is 14.2. The molecule has 1 atom stereocenters. The summed E-state index contributed by atoms with van der Waals surface area (Å²) in [5.41, 5.74) is 1.73. The second-order valence-electron chi connectivity index (χ2n) is 11.7. The van der Waals surface area contributed by atoms with E-state index in [4.69, 9.17) is 9.47 Å². The number of ether oxygens (including phenoxy) is 2. The Balaban J connectivity index is 1.48. The number of anilines is 2. The van der Waals surface area contributed by atoms with Gasteiger partial charge in [0.05, 0.1) is 30.5 Å². The minimum Gasteiger partial charge on any atom is -0.491 e. The van der Waals surface area contributed by atoms with Crippen LogP contribution in [-0.2, 0) is 20.9 Å². The summed E-state index contributed by atoms with van der Waals surface area (Å²) in [5, 5.41) is 17.0. The molecule has 0 bridgehead atoms. The van der Waals surface area contributed by atoms with E-state index in [1.807, 2.05) is 42.5 Å². The molecule has 1 unspecified atom stereocenters. The van der Waals surface area contributed by atoms with Crippen LogP contribution in [0.25, 0.3) is 10.9 Å². The van der Waals surface area contributed by atoms with Gasteiger partial charge in [0.15, 0.2) is 0 Å². The lowest BCUT2D eigenvalue weighted by atomic mass is 10.1. The fourth-order valence-electron chi connectivity index (χ4n) is 4.33. The number of carbonyl (C=O) groups excluding carboxylic acids is 2. The van der Waals surface area contributed by atoms with Gasteiger partial charge >= 0.3 is 5.97 Å². The van der Waals surface area contributed by atoms with E-state index in [9.17, 15) is 14.7 Å². The van der Waals surface area contributed by atoms with Gasteiger partial charge in [0.1, 0.15) is 23.5 Å². The first-order chi connectivity index (χ1) is 20.1. The van der Waals surface area contributed by atoms with E-state index in [1.165, 1.54) is 12.4 Å². The number of aromatic nitrogens is 2. The van der Waals surface area contributed by atoms with Gasteiger partial charge in [0.2, 0.25) is 5.91 Å². The summed E-state index contributed by atoms with van der Waals surface area (Å²) in [6.45, 7) is 8.76. The molecule has 0 spiro atoms. The molecule has 1 fully saturated rings. The van der Waals surface area contributed by atoms with Crippen molar-refractivity contribution in [3.8, 4) is 5.75 Å². The fourth-order valence-corrected chi connectivity index (χ4v) is 4.33. The van der Waals surface area contributed by atoms with Crippen LogP contribution in [0.5, 0.6) is 5.75 Å². The van der Waals surface area contributed by atoms with E-state index in [0.717, 1.165) is 23.8 Å². The molecule has 0 saturated heterocycles. The molecule has 3 N–H and O–H groups in total. The molecular weight excluding hydrogens is 534 g/mol. The third kappa shape index (κ3) is 10.1. The van der Waals surface area contributed by atoms with Crippen LogP contribution in [0.1, 0.15) is 46.1 Å². The number of carbonyl (C=O) groups is 2.